The van der Waals surface area contributed by atoms with E-state index in [0.29, 0.717) is 0 Å². The van der Waals surface area contributed by atoms with Gasteiger partial charge in [0.05, 0.1) is 6.20 Å². The van der Waals surface area contributed by atoms with Gasteiger partial charge in [0.1, 0.15) is 5.65 Å². The van der Waals surface area contributed by atoms with Gasteiger partial charge in [-0.2, -0.15) is 9.61 Å². The van der Waals surface area contributed by atoms with Crippen LogP contribution in [0.1, 0.15) is 25.0 Å². The first-order valence-corrected chi connectivity index (χ1v) is 8.19. The summed E-state index contributed by atoms with van der Waals surface area (Å²) in [7, 11) is 0. The highest BCUT2D eigenvalue weighted by molar-refractivity contribution is 5.76. The maximum atomic E-state index is 12.3. The lowest BCUT2D eigenvalue weighted by Gasteiger charge is -2.26. The number of H-pyrrole nitrogens is 1. The highest BCUT2D eigenvalue weighted by Gasteiger charge is 2.14. The van der Waals surface area contributed by atoms with Crippen molar-refractivity contribution in [1.29, 1.82) is 0 Å². The smallest absolute Gasteiger partial charge is 0.274 e. The van der Waals surface area contributed by atoms with Gasteiger partial charge in [-0.3, -0.25) is 9.69 Å². The zero-order valence-corrected chi connectivity index (χ0v) is 13.0. The monoisotopic (exact) mass is 308 g/mol. The van der Waals surface area contributed by atoms with Crippen molar-refractivity contribution in [3.05, 3.63) is 58.6 Å². The molecule has 3 aromatic rings. The Morgan fingerprint density at radius 2 is 1.87 bits per heavy atom. The molecule has 0 radical (unpaired) electrons. The Kier molecular flexibility index (Phi) is 3.71. The third-order valence-electron chi connectivity index (χ3n) is 4.48. The zero-order chi connectivity index (χ0) is 15.6. The number of hydrogen-bond donors (Lipinski definition) is 1. The molecule has 1 aliphatic rings. The summed E-state index contributed by atoms with van der Waals surface area (Å²) in [6.45, 7) is 3.02. The molecule has 1 aromatic carbocycles. The Morgan fingerprint density at radius 3 is 2.65 bits per heavy atom. The van der Waals surface area contributed by atoms with Crippen LogP contribution < -0.4 is 5.56 Å². The number of piperidine rings is 1. The first kappa shape index (κ1) is 14.2. The van der Waals surface area contributed by atoms with Gasteiger partial charge in [-0.1, -0.05) is 36.8 Å². The average molecular weight is 308 g/mol. The lowest BCUT2D eigenvalue weighted by atomic mass is 10.1. The molecule has 4 rings (SSSR count). The third kappa shape index (κ3) is 2.80. The Morgan fingerprint density at radius 1 is 1.09 bits per heavy atom. The molecule has 0 amide bonds. The topological polar surface area (TPSA) is 53.4 Å². The molecule has 1 N–H and O–H groups in total. The second-order valence-electron chi connectivity index (χ2n) is 6.15. The van der Waals surface area contributed by atoms with E-state index >= 15 is 0 Å². The Hall–Kier alpha value is -2.40. The largest absolute Gasteiger partial charge is 0.342 e. The summed E-state index contributed by atoms with van der Waals surface area (Å²) < 4.78 is 1.45. The highest BCUT2D eigenvalue weighted by Crippen LogP contribution is 2.22. The molecule has 0 aliphatic carbocycles. The summed E-state index contributed by atoms with van der Waals surface area (Å²) in [5.74, 6) is 0. The minimum atomic E-state index is -0.0760. The van der Waals surface area contributed by atoms with E-state index in [2.05, 4.69) is 15.0 Å². The van der Waals surface area contributed by atoms with Crippen molar-refractivity contribution in [3.63, 3.8) is 0 Å². The van der Waals surface area contributed by atoms with Crippen LogP contribution in [0.3, 0.4) is 0 Å². The van der Waals surface area contributed by atoms with Gasteiger partial charge in [-0.15, -0.1) is 0 Å². The molecule has 23 heavy (non-hydrogen) atoms. The van der Waals surface area contributed by atoms with Crippen molar-refractivity contribution in [2.75, 3.05) is 13.1 Å². The number of rotatable bonds is 3. The van der Waals surface area contributed by atoms with E-state index in [1.165, 1.54) is 23.8 Å². The number of nitrogens with one attached hydrogen (secondary N) is 1. The predicted molar refractivity (Wildman–Crippen MR) is 90.4 cm³/mol. The standard InChI is InChI=1S/C18H20N4O/c23-17-11-15(13-21-9-5-2-6-10-21)20-18-16(12-19-22(17)18)14-7-3-1-4-8-14/h1,3-4,7-8,11-12,20H,2,5-6,9-10,13H2. The van der Waals surface area contributed by atoms with Crippen molar-refractivity contribution >= 4 is 5.65 Å². The van der Waals surface area contributed by atoms with Gasteiger partial charge in [0.25, 0.3) is 5.56 Å². The van der Waals surface area contributed by atoms with Crippen LogP contribution >= 0.6 is 0 Å². The minimum Gasteiger partial charge on any atom is -0.342 e. The Balaban J connectivity index is 1.74. The van der Waals surface area contributed by atoms with Crippen LogP contribution in [0, 0.1) is 0 Å². The van der Waals surface area contributed by atoms with Gasteiger partial charge >= 0.3 is 0 Å². The summed E-state index contributed by atoms with van der Waals surface area (Å²) in [6, 6.07) is 11.7. The first-order valence-electron chi connectivity index (χ1n) is 8.19. The van der Waals surface area contributed by atoms with Crippen molar-refractivity contribution in [2.45, 2.75) is 25.8 Å². The molecule has 0 atom stereocenters. The van der Waals surface area contributed by atoms with Gasteiger partial charge in [-0.25, -0.2) is 0 Å². The number of benzene rings is 1. The maximum Gasteiger partial charge on any atom is 0.274 e. The van der Waals surface area contributed by atoms with Gasteiger partial charge < -0.3 is 4.98 Å². The molecular weight excluding hydrogens is 288 g/mol. The van der Waals surface area contributed by atoms with E-state index in [1.807, 2.05) is 30.3 Å². The van der Waals surface area contributed by atoms with Gasteiger partial charge in [-0.05, 0) is 31.5 Å². The van der Waals surface area contributed by atoms with Crippen LogP contribution in [0.4, 0.5) is 0 Å². The molecule has 5 nitrogen and oxygen atoms in total. The number of hydrogen-bond acceptors (Lipinski definition) is 3. The molecular formula is C18H20N4O. The summed E-state index contributed by atoms with van der Waals surface area (Å²) in [5, 5.41) is 4.24. The fraction of sp³-hybridized carbons (Fsp3) is 0.333. The summed E-state index contributed by atoms with van der Waals surface area (Å²) in [6.07, 6.45) is 5.56. The van der Waals surface area contributed by atoms with Crippen molar-refractivity contribution in [3.8, 4) is 11.1 Å². The van der Waals surface area contributed by atoms with Crippen LogP contribution in [0.15, 0.2) is 47.4 Å². The van der Waals surface area contributed by atoms with Gasteiger partial charge in [0, 0.05) is 23.9 Å². The van der Waals surface area contributed by atoms with E-state index in [4.69, 9.17) is 0 Å². The van der Waals surface area contributed by atoms with Gasteiger partial charge in [0.2, 0.25) is 0 Å². The second kappa shape index (κ2) is 6.01. The predicted octanol–water partition coefficient (Wildman–Crippen LogP) is 2.68. The molecule has 1 fully saturated rings. The number of fused-ring (bicyclic) bond motifs is 1. The van der Waals surface area contributed by atoms with E-state index in [1.54, 1.807) is 12.3 Å². The molecule has 0 unspecified atom stereocenters. The van der Waals surface area contributed by atoms with E-state index in [-0.39, 0.29) is 5.56 Å². The fourth-order valence-electron chi connectivity index (χ4n) is 3.31. The molecule has 0 bridgehead atoms. The quantitative estimate of drug-likeness (QED) is 0.809. The number of likely N-dealkylation sites (tertiary alicyclic amines) is 1. The van der Waals surface area contributed by atoms with Crippen molar-refractivity contribution in [2.24, 2.45) is 0 Å². The van der Waals surface area contributed by atoms with Crippen LogP contribution in [0.25, 0.3) is 16.8 Å². The molecule has 3 heterocycles. The molecule has 0 spiro atoms. The van der Waals surface area contributed by atoms with E-state index in [9.17, 15) is 4.79 Å². The molecule has 5 heteroatoms. The molecule has 2 aromatic heterocycles. The van der Waals surface area contributed by atoms with Crippen molar-refractivity contribution < 1.29 is 0 Å². The maximum absolute atomic E-state index is 12.3. The number of aromatic nitrogens is 3. The SMILES string of the molecule is O=c1cc(CN2CCCCC2)[nH]c2c(-c3ccccc3)cnn12. The molecule has 118 valence electrons. The Labute approximate surface area is 134 Å². The summed E-state index contributed by atoms with van der Waals surface area (Å²) in [5.41, 5.74) is 3.68. The number of aromatic amines is 1. The molecule has 1 saturated heterocycles. The average Bonchev–Trinajstić information content (AvgIpc) is 3.01. The molecule has 0 saturated carbocycles. The second-order valence-corrected chi connectivity index (χ2v) is 6.15. The van der Waals surface area contributed by atoms with E-state index < -0.39 is 0 Å². The third-order valence-corrected chi connectivity index (χ3v) is 4.48. The van der Waals surface area contributed by atoms with Crippen LogP contribution in [0.5, 0.6) is 0 Å². The fourth-order valence-corrected chi connectivity index (χ4v) is 3.31. The lowest BCUT2D eigenvalue weighted by molar-refractivity contribution is 0.218. The minimum absolute atomic E-state index is 0.0760. The Bertz CT molecular complexity index is 860. The molecule has 1 aliphatic heterocycles. The zero-order valence-electron chi connectivity index (χ0n) is 13.0. The van der Waals surface area contributed by atoms with Crippen LogP contribution in [-0.2, 0) is 6.54 Å². The summed E-state index contributed by atoms with van der Waals surface area (Å²) >= 11 is 0. The summed E-state index contributed by atoms with van der Waals surface area (Å²) in [4.78, 5) is 18.2. The highest BCUT2D eigenvalue weighted by atomic mass is 16.1. The van der Waals surface area contributed by atoms with E-state index in [0.717, 1.165) is 42.1 Å². The van der Waals surface area contributed by atoms with Crippen molar-refractivity contribution in [1.82, 2.24) is 19.5 Å². The number of nitrogens with zero attached hydrogens (tertiary/aromatic N) is 3. The lowest BCUT2D eigenvalue weighted by Crippen LogP contribution is -2.30. The van der Waals surface area contributed by atoms with Gasteiger partial charge in [0.15, 0.2) is 0 Å². The van der Waals surface area contributed by atoms with Crippen LogP contribution in [-0.4, -0.2) is 32.6 Å². The first-order chi connectivity index (χ1) is 11.3. The normalized spacial score (nSPS) is 16.0. The van der Waals surface area contributed by atoms with Crippen LogP contribution in [0.2, 0.25) is 0 Å².